The first-order chi connectivity index (χ1) is 8.20. The second kappa shape index (κ2) is 5.27. The molecule has 1 aliphatic heterocycles. The molecule has 1 unspecified atom stereocenters. The van der Waals surface area contributed by atoms with Gasteiger partial charge in [0.15, 0.2) is 11.6 Å². The number of aromatic nitrogens is 2. The molecule has 1 aliphatic rings. The summed E-state index contributed by atoms with van der Waals surface area (Å²) in [4.78, 5) is 9.76. The molecule has 0 aromatic carbocycles. The van der Waals surface area contributed by atoms with E-state index in [-0.39, 0.29) is 5.82 Å². The quantitative estimate of drug-likeness (QED) is 0.825. The molecule has 2 rings (SSSR count). The number of nitrogens with one attached hydrogen (secondary N) is 1. The number of aliphatic hydroxyl groups excluding tert-OH is 1. The first-order valence-electron chi connectivity index (χ1n) is 5.90. The minimum Gasteiger partial charge on any atom is -0.391 e. The number of rotatable bonds is 3. The second-order valence-electron chi connectivity index (χ2n) is 4.14. The number of β-amino-alcohol motifs (C(OH)–C–C–N with tert-alkyl or cyclic N) is 1. The molecule has 1 aromatic heterocycles. The van der Waals surface area contributed by atoms with Crippen LogP contribution in [0.5, 0.6) is 0 Å². The van der Waals surface area contributed by atoms with E-state index in [0.29, 0.717) is 19.0 Å². The summed E-state index contributed by atoms with van der Waals surface area (Å²) in [6.45, 7) is 3.76. The van der Waals surface area contributed by atoms with Gasteiger partial charge in [-0.3, -0.25) is 0 Å². The first kappa shape index (κ1) is 12.0. The van der Waals surface area contributed by atoms with Gasteiger partial charge in [-0.05, 0) is 19.8 Å². The predicted octanol–water partition coefficient (Wildman–Crippen LogP) is 1.01. The Morgan fingerprint density at radius 2 is 2.47 bits per heavy atom. The van der Waals surface area contributed by atoms with Crippen LogP contribution >= 0.6 is 0 Å². The maximum absolute atomic E-state index is 13.6. The largest absolute Gasteiger partial charge is 0.391 e. The van der Waals surface area contributed by atoms with E-state index in [0.717, 1.165) is 19.4 Å². The zero-order valence-corrected chi connectivity index (χ0v) is 9.86. The molecule has 1 saturated heterocycles. The van der Waals surface area contributed by atoms with Gasteiger partial charge in [-0.25, -0.2) is 9.37 Å². The fourth-order valence-corrected chi connectivity index (χ4v) is 1.97. The van der Waals surface area contributed by atoms with E-state index in [2.05, 4.69) is 15.3 Å². The third-order valence-electron chi connectivity index (χ3n) is 2.76. The summed E-state index contributed by atoms with van der Waals surface area (Å²) in [7, 11) is 0. The van der Waals surface area contributed by atoms with Gasteiger partial charge in [0.25, 0.3) is 0 Å². The molecule has 0 bridgehead atoms. The van der Waals surface area contributed by atoms with E-state index >= 15 is 0 Å². The van der Waals surface area contributed by atoms with Gasteiger partial charge in [0.1, 0.15) is 0 Å². The Morgan fingerprint density at radius 3 is 3.18 bits per heavy atom. The SMILES string of the molecule is CCNc1ncc(F)c(N2CCCC(O)C2)n1. The summed E-state index contributed by atoms with van der Waals surface area (Å²) in [5, 5.41) is 12.5. The van der Waals surface area contributed by atoms with Crippen LogP contribution in [-0.4, -0.2) is 40.8 Å². The predicted molar refractivity (Wildman–Crippen MR) is 63.6 cm³/mol. The summed E-state index contributed by atoms with van der Waals surface area (Å²) in [5.74, 6) is 0.249. The van der Waals surface area contributed by atoms with Crippen LogP contribution in [-0.2, 0) is 0 Å². The number of anilines is 2. The van der Waals surface area contributed by atoms with Crippen molar-refractivity contribution in [2.45, 2.75) is 25.9 Å². The summed E-state index contributed by atoms with van der Waals surface area (Å²) in [6, 6.07) is 0. The average Bonchev–Trinajstić information content (AvgIpc) is 2.32. The van der Waals surface area contributed by atoms with Gasteiger partial charge in [-0.1, -0.05) is 0 Å². The first-order valence-corrected chi connectivity index (χ1v) is 5.90. The highest BCUT2D eigenvalue weighted by atomic mass is 19.1. The van der Waals surface area contributed by atoms with Crippen molar-refractivity contribution in [3.8, 4) is 0 Å². The van der Waals surface area contributed by atoms with E-state index in [1.165, 1.54) is 6.20 Å². The minimum absolute atomic E-state index is 0.273. The van der Waals surface area contributed by atoms with Gasteiger partial charge in [-0.2, -0.15) is 4.98 Å². The lowest BCUT2D eigenvalue weighted by atomic mass is 10.1. The molecule has 0 amide bonds. The van der Waals surface area contributed by atoms with Crippen LogP contribution in [0.1, 0.15) is 19.8 Å². The number of hydrogen-bond acceptors (Lipinski definition) is 5. The van der Waals surface area contributed by atoms with Crippen LogP contribution in [0.4, 0.5) is 16.2 Å². The van der Waals surface area contributed by atoms with Gasteiger partial charge in [0.05, 0.1) is 12.3 Å². The van der Waals surface area contributed by atoms with E-state index < -0.39 is 11.9 Å². The molecule has 0 spiro atoms. The van der Waals surface area contributed by atoms with Crippen molar-refractivity contribution in [1.29, 1.82) is 0 Å². The second-order valence-corrected chi connectivity index (χ2v) is 4.14. The van der Waals surface area contributed by atoms with Crippen molar-refractivity contribution in [2.75, 3.05) is 29.9 Å². The Hall–Kier alpha value is -1.43. The fraction of sp³-hybridized carbons (Fsp3) is 0.636. The van der Waals surface area contributed by atoms with Crippen LogP contribution < -0.4 is 10.2 Å². The van der Waals surface area contributed by atoms with E-state index in [9.17, 15) is 9.50 Å². The van der Waals surface area contributed by atoms with Crippen LogP contribution in [0.15, 0.2) is 6.20 Å². The lowest BCUT2D eigenvalue weighted by Gasteiger charge is -2.31. The maximum Gasteiger partial charge on any atom is 0.224 e. The zero-order valence-electron chi connectivity index (χ0n) is 9.86. The van der Waals surface area contributed by atoms with Crippen molar-refractivity contribution >= 4 is 11.8 Å². The molecule has 94 valence electrons. The number of piperidine rings is 1. The number of nitrogens with zero attached hydrogens (tertiary/aromatic N) is 3. The standard InChI is InChI=1S/C11H17FN4O/c1-2-13-11-14-6-9(12)10(15-11)16-5-3-4-8(17)7-16/h6,8,17H,2-5,7H2,1H3,(H,13,14,15). The molecule has 0 aliphatic carbocycles. The van der Waals surface area contributed by atoms with Gasteiger partial charge < -0.3 is 15.3 Å². The third-order valence-corrected chi connectivity index (χ3v) is 2.76. The van der Waals surface area contributed by atoms with E-state index in [1.807, 2.05) is 6.92 Å². The summed E-state index contributed by atoms with van der Waals surface area (Å²) in [6.07, 6.45) is 2.38. The molecule has 0 saturated carbocycles. The van der Waals surface area contributed by atoms with Crippen LogP contribution in [0.2, 0.25) is 0 Å². The van der Waals surface area contributed by atoms with E-state index in [1.54, 1.807) is 4.90 Å². The summed E-state index contributed by atoms with van der Waals surface area (Å²) < 4.78 is 13.6. The number of aliphatic hydroxyl groups is 1. The Kier molecular flexibility index (Phi) is 3.73. The molecule has 5 nitrogen and oxygen atoms in total. The molecule has 2 heterocycles. The highest BCUT2D eigenvalue weighted by Gasteiger charge is 2.22. The fourth-order valence-electron chi connectivity index (χ4n) is 1.97. The molecular formula is C11H17FN4O. The van der Waals surface area contributed by atoms with Crippen molar-refractivity contribution in [2.24, 2.45) is 0 Å². The smallest absolute Gasteiger partial charge is 0.224 e. The maximum atomic E-state index is 13.6. The topological polar surface area (TPSA) is 61.3 Å². The molecule has 1 aromatic rings. The van der Waals surface area contributed by atoms with Gasteiger partial charge in [0.2, 0.25) is 5.95 Å². The highest BCUT2D eigenvalue weighted by Crippen LogP contribution is 2.21. The molecular weight excluding hydrogens is 223 g/mol. The average molecular weight is 240 g/mol. The molecule has 1 fully saturated rings. The molecule has 0 radical (unpaired) electrons. The Morgan fingerprint density at radius 1 is 1.65 bits per heavy atom. The Labute approximate surface area is 99.7 Å². The number of halogens is 1. The molecule has 6 heteroatoms. The van der Waals surface area contributed by atoms with E-state index in [4.69, 9.17) is 0 Å². The van der Waals surface area contributed by atoms with Crippen LogP contribution in [0.25, 0.3) is 0 Å². The zero-order chi connectivity index (χ0) is 12.3. The number of hydrogen-bond donors (Lipinski definition) is 2. The summed E-state index contributed by atoms with van der Waals surface area (Å²) >= 11 is 0. The highest BCUT2D eigenvalue weighted by molar-refractivity contribution is 5.44. The Balaban J connectivity index is 2.20. The lowest BCUT2D eigenvalue weighted by Crippen LogP contribution is -2.39. The van der Waals surface area contributed by atoms with Crippen molar-refractivity contribution in [1.82, 2.24) is 9.97 Å². The van der Waals surface area contributed by atoms with Gasteiger partial charge in [0, 0.05) is 19.6 Å². The molecule has 2 N–H and O–H groups in total. The monoisotopic (exact) mass is 240 g/mol. The van der Waals surface area contributed by atoms with Crippen molar-refractivity contribution in [3.05, 3.63) is 12.0 Å². The Bertz CT molecular complexity index is 388. The van der Waals surface area contributed by atoms with Crippen LogP contribution in [0, 0.1) is 5.82 Å². The lowest BCUT2D eigenvalue weighted by molar-refractivity contribution is 0.153. The third kappa shape index (κ3) is 2.82. The van der Waals surface area contributed by atoms with Gasteiger partial charge in [-0.15, -0.1) is 0 Å². The van der Waals surface area contributed by atoms with Crippen LogP contribution in [0.3, 0.4) is 0 Å². The van der Waals surface area contributed by atoms with Crippen molar-refractivity contribution < 1.29 is 9.50 Å². The summed E-state index contributed by atoms with van der Waals surface area (Å²) in [5.41, 5.74) is 0. The minimum atomic E-state index is -0.444. The van der Waals surface area contributed by atoms with Gasteiger partial charge >= 0.3 is 0 Å². The normalized spacial score (nSPS) is 20.4. The van der Waals surface area contributed by atoms with Crippen molar-refractivity contribution in [3.63, 3.8) is 0 Å². The molecule has 1 atom stereocenters. The molecule has 17 heavy (non-hydrogen) atoms.